The van der Waals surface area contributed by atoms with Gasteiger partial charge in [-0.05, 0) is 11.6 Å². The standard InChI is InChI=1S/C14H10N2O2S/c17-16(18)13-7-6-12-14(19-9-15-12)11(13)8-10-4-2-1-3-5-10/h1-7,9H,8H2. The number of nitro groups is 1. The highest BCUT2D eigenvalue weighted by Crippen LogP contribution is 2.32. The number of fused-ring (bicyclic) bond motifs is 1. The molecule has 5 heteroatoms. The maximum atomic E-state index is 11.2. The molecule has 0 aliphatic carbocycles. The van der Waals surface area contributed by atoms with E-state index in [2.05, 4.69) is 4.98 Å². The molecule has 94 valence electrons. The van der Waals surface area contributed by atoms with Crippen LogP contribution in [0.3, 0.4) is 0 Å². The van der Waals surface area contributed by atoms with Crippen molar-refractivity contribution in [1.29, 1.82) is 0 Å². The van der Waals surface area contributed by atoms with Crippen LogP contribution < -0.4 is 0 Å². The van der Waals surface area contributed by atoms with E-state index in [1.165, 1.54) is 11.3 Å². The van der Waals surface area contributed by atoms with Gasteiger partial charge in [-0.2, -0.15) is 0 Å². The minimum absolute atomic E-state index is 0.167. The number of nitro benzene ring substituents is 1. The van der Waals surface area contributed by atoms with Crippen molar-refractivity contribution in [2.45, 2.75) is 6.42 Å². The summed E-state index contributed by atoms with van der Waals surface area (Å²) >= 11 is 1.45. The topological polar surface area (TPSA) is 56.0 Å². The fourth-order valence-electron chi connectivity index (χ4n) is 2.12. The summed E-state index contributed by atoms with van der Waals surface area (Å²) in [7, 11) is 0. The first-order chi connectivity index (χ1) is 9.25. The summed E-state index contributed by atoms with van der Waals surface area (Å²) in [6.45, 7) is 0. The van der Waals surface area contributed by atoms with Crippen molar-refractivity contribution in [3.05, 3.63) is 69.2 Å². The lowest BCUT2D eigenvalue weighted by atomic mass is 10.0. The average molecular weight is 270 g/mol. The Labute approximate surface area is 113 Å². The first-order valence-electron chi connectivity index (χ1n) is 5.79. The molecule has 0 N–H and O–H groups in total. The molecule has 0 fully saturated rings. The smallest absolute Gasteiger partial charge is 0.258 e. The molecule has 0 aliphatic rings. The first-order valence-corrected chi connectivity index (χ1v) is 6.67. The van der Waals surface area contributed by atoms with Gasteiger partial charge >= 0.3 is 0 Å². The maximum Gasteiger partial charge on any atom is 0.274 e. The van der Waals surface area contributed by atoms with E-state index in [0.717, 1.165) is 21.3 Å². The van der Waals surface area contributed by atoms with Crippen molar-refractivity contribution in [1.82, 2.24) is 4.98 Å². The fraction of sp³-hybridized carbons (Fsp3) is 0.0714. The number of hydrogen-bond donors (Lipinski definition) is 0. The number of benzene rings is 2. The van der Waals surface area contributed by atoms with Gasteiger partial charge in [0.1, 0.15) is 0 Å². The number of thiazole rings is 1. The third kappa shape index (κ3) is 2.20. The Morgan fingerprint density at radius 3 is 2.68 bits per heavy atom. The van der Waals surface area contributed by atoms with Crippen LogP contribution in [0.1, 0.15) is 11.1 Å². The van der Waals surface area contributed by atoms with Crippen molar-refractivity contribution in [2.75, 3.05) is 0 Å². The van der Waals surface area contributed by atoms with E-state index in [1.54, 1.807) is 17.6 Å². The van der Waals surface area contributed by atoms with Crippen LogP contribution in [0.5, 0.6) is 0 Å². The zero-order valence-electron chi connectivity index (χ0n) is 9.95. The molecule has 0 saturated carbocycles. The van der Waals surface area contributed by atoms with Crippen LogP contribution in [-0.2, 0) is 6.42 Å². The molecule has 0 aliphatic heterocycles. The van der Waals surface area contributed by atoms with Crippen LogP contribution in [0, 0.1) is 10.1 Å². The van der Waals surface area contributed by atoms with Gasteiger partial charge in [0.2, 0.25) is 0 Å². The summed E-state index contributed by atoms with van der Waals surface area (Å²) in [4.78, 5) is 15.1. The van der Waals surface area contributed by atoms with Gasteiger partial charge in [-0.25, -0.2) is 4.98 Å². The molecule has 2 aromatic carbocycles. The molecule has 0 spiro atoms. The fourth-order valence-corrected chi connectivity index (χ4v) is 2.95. The molecule has 3 rings (SSSR count). The summed E-state index contributed by atoms with van der Waals surface area (Å²) in [5.74, 6) is 0. The molecule has 0 amide bonds. The Bertz CT molecular complexity index is 738. The second-order valence-electron chi connectivity index (χ2n) is 4.18. The minimum atomic E-state index is -0.322. The molecule has 0 atom stereocenters. The van der Waals surface area contributed by atoms with Gasteiger partial charge in [0.25, 0.3) is 5.69 Å². The summed E-state index contributed by atoms with van der Waals surface area (Å²) < 4.78 is 0.901. The predicted octanol–water partition coefficient (Wildman–Crippen LogP) is 3.80. The van der Waals surface area contributed by atoms with E-state index in [1.807, 2.05) is 30.3 Å². The Kier molecular flexibility index (Phi) is 2.97. The van der Waals surface area contributed by atoms with Crippen LogP contribution in [0.4, 0.5) is 5.69 Å². The highest BCUT2D eigenvalue weighted by atomic mass is 32.1. The lowest BCUT2D eigenvalue weighted by Crippen LogP contribution is -1.97. The van der Waals surface area contributed by atoms with Crippen LogP contribution in [0.25, 0.3) is 10.2 Å². The van der Waals surface area contributed by atoms with Crippen molar-refractivity contribution in [3.8, 4) is 0 Å². The first kappa shape index (κ1) is 11.8. The Morgan fingerprint density at radius 1 is 1.16 bits per heavy atom. The average Bonchev–Trinajstić information content (AvgIpc) is 2.88. The number of nitrogens with zero attached hydrogens (tertiary/aromatic N) is 2. The monoisotopic (exact) mass is 270 g/mol. The largest absolute Gasteiger partial charge is 0.274 e. The van der Waals surface area contributed by atoms with Gasteiger partial charge in [-0.1, -0.05) is 30.3 Å². The number of rotatable bonds is 3. The van der Waals surface area contributed by atoms with E-state index in [9.17, 15) is 10.1 Å². The molecule has 0 bridgehead atoms. The Morgan fingerprint density at radius 2 is 1.95 bits per heavy atom. The van der Waals surface area contributed by atoms with E-state index in [-0.39, 0.29) is 10.6 Å². The van der Waals surface area contributed by atoms with Gasteiger partial charge in [0.15, 0.2) is 0 Å². The van der Waals surface area contributed by atoms with Gasteiger partial charge in [-0.15, -0.1) is 11.3 Å². The molecule has 1 heterocycles. The predicted molar refractivity (Wildman–Crippen MR) is 75.5 cm³/mol. The second kappa shape index (κ2) is 4.78. The second-order valence-corrected chi connectivity index (χ2v) is 5.04. The third-order valence-corrected chi connectivity index (χ3v) is 3.90. The zero-order valence-corrected chi connectivity index (χ0v) is 10.8. The SMILES string of the molecule is O=[N+]([O-])c1ccc2ncsc2c1Cc1ccccc1. The van der Waals surface area contributed by atoms with E-state index in [0.29, 0.717) is 6.42 Å². The summed E-state index contributed by atoms with van der Waals surface area (Å²) in [6.07, 6.45) is 0.552. The van der Waals surface area contributed by atoms with Gasteiger partial charge < -0.3 is 0 Å². The lowest BCUT2D eigenvalue weighted by Gasteiger charge is -2.04. The Hall–Kier alpha value is -2.27. The van der Waals surface area contributed by atoms with Crippen molar-refractivity contribution >= 4 is 27.2 Å². The molecular formula is C14H10N2O2S. The molecule has 0 radical (unpaired) electrons. The molecule has 3 aromatic rings. The molecule has 1 aromatic heterocycles. The lowest BCUT2D eigenvalue weighted by molar-refractivity contribution is -0.385. The third-order valence-electron chi connectivity index (χ3n) is 3.00. The molecule has 0 saturated heterocycles. The number of hydrogen-bond acceptors (Lipinski definition) is 4. The van der Waals surface area contributed by atoms with Crippen molar-refractivity contribution in [3.63, 3.8) is 0 Å². The highest BCUT2D eigenvalue weighted by molar-refractivity contribution is 7.17. The normalized spacial score (nSPS) is 10.7. The summed E-state index contributed by atoms with van der Waals surface area (Å²) in [5.41, 5.74) is 4.52. The van der Waals surface area contributed by atoms with E-state index >= 15 is 0 Å². The molecule has 0 unspecified atom stereocenters. The van der Waals surface area contributed by atoms with E-state index < -0.39 is 0 Å². The van der Waals surface area contributed by atoms with Crippen LogP contribution >= 0.6 is 11.3 Å². The van der Waals surface area contributed by atoms with Crippen molar-refractivity contribution in [2.24, 2.45) is 0 Å². The van der Waals surface area contributed by atoms with Gasteiger partial charge in [0, 0.05) is 12.5 Å². The van der Waals surface area contributed by atoms with Gasteiger partial charge in [0.05, 0.1) is 26.2 Å². The molecule has 19 heavy (non-hydrogen) atoms. The molecule has 4 nitrogen and oxygen atoms in total. The van der Waals surface area contributed by atoms with Crippen LogP contribution in [-0.4, -0.2) is 9.91 Å². The van der Waals surface area contributed by atoms with E-state index in [4.69, 9.17) is 0 Å². The maximum absolute atomic E-state index is 11.2. The number of aromatic nitrogens is 1. The quantitative estimate of drug-likeness (QED) is 0.537. The minimum Gasteiger partial charge on any atom is -0.258 e. The van der Waals surface area contributed by atoms with Gasteiger partial charge in [-0.3, -0.25) is 10.1 Å². The van der Waals surface area contributed by atoms with Crippen LogP contribution in [0.15, 0.2) is 48.0 Å². The Balaban J connectivity index is 2.16. The summed E-state index contributed by atoms with van der Waals surface area (Å²) in [5, 5.41) is 11.2. The molecular weight excluding hydrogens is 260 g/mol. The van der Waals surface area contributed by atoms with Crippen molar-refractivity contribution < 1.29 is 4.92 Å². The highest BCUT2D eigenvalue weighted by Gasteiger charge is 2.18. The zero-order chi connectivity index (χ0) is 13.2. The summed E-state index contributed by atoms with van der Waals surface area (Å²) in [6, 6.07) is 13.0. The van der Waals surface area contributed by atoms with Crippen LogP contribution in [0.2, 0.25) is 0 Å².